The average molecular weight is 504 g/mol. The van der Waals surface area contributed by atoms with Gasteiger partial charge in [0.25, 0.3) is 0 Å². The van der Waals surface area contributed by atoms with Crippen LogP contribution in [0.1, 0.15) is 11.1 Å². The molecular weight excluding hydrogens is 485 g/mol. The van der Waals surface area contributed by atoms with E-state index in [-0.39, 0.29) is 11.7 Å². The van der Waals surface area contributed by atoms with Gasteiger partial charge in [0, 0.05) is 16.8 Å². The lowest BCUT2D eigenvalue weighted by Gasteiger charge is -2.13. The van der Waals surface area contributed by atoms with Crippen LogP contribution in [0.2, 0.25) is 10.0 Å². The molecule has 0 aliphatic rings. The lowest BCUT2D eigenvalue weighted by molar-refractivity contribution is -0.113. The summed E-state index contributed by atoms with van der Waals surface area (Å²) in [5, 5.41) is 14.2. The maximum atomic E-state index is 12.6. The van der Waals surface area contributed by atoms with Gasteiger partial charge in [0.05, 0.1) is 27.1 Å². The van der Waals surface area contributed by atoms with Gasteiger partial charge in [0.15, 0.2) is 0 Å². The van der Waals surface area contributed by atoms with Crippen LogP contribution in [0.3, 0.4) is 0 Å². The molecule has 0 radical (unpaired) electrons. The molecule has 0 atom stereocenters. The summed E-state index contributed by atoms with van der Waals surface area (Å²) < 4.78 is 0. The zero-order valence-corrected chi connectivity index (χ0v) is 20.5. The van der Waals surface area contributed by atoms with Crippen molar-refractivity contribution < 1.29 is 4.79 Å². The maximum absolute atomic E-state index is 12.6. The fourth-order valence-electron chi connectivity index (χ4n) is 3.35. The summed E-state index contributed by atoms with van der Waals surface area (Å²) in [7, 11) is 0. The number of pyridine rings is 1. The summed E-state index contributed by atoms with van der Waals surface area (Å²) >= 11 is 13.6. The molecule has 1 N–H and O–H groups in total. The van der Waals surface area contributed by atoms with Crippen LogP contribution in [-0.2, 0) is 4.79 Å². The van der Waals surface area contributed by atoms with Gasteiger partial charge in [-0.05, 0) is 42.8 Å². The second-order valence-electron chi connectivity index (χ2n) is 7.54. The SMILES string of the molecule is Cc1ccc(NC(=O)CSc2nc(-c3ccccc3)cc(-c3ccc(Cl)c(Cl)c3)c2C#N)cc1. The van der Waals surface area contributed by atoms with Crippen LogP contribution in [0.25, 0.3) is 22.4 Å². The van der Waals surface area contributed by atoms with E-state index in [9.17, 15) is 10.1 Å². The molecule has 4 aromatic rings. The Hall–Kier alpha value is -3.30. The highest BCUT2D eigenvalue weighted by molar-refractivity contribution is 8.00. The average Bonchev–Trinajstić information content (AvgIpc) is 2.85. The van der Waals surface area contributed by atoms with E-state index in [2.05, 4.69) is 11.4 Å². The Morgan fingerprint density at radius 1 is 0.971 bits per heavy atom. The van der Waals surface area contributed by atoms with Crippen LogP contribution in [-0.4, -0.2) is 16.6 Å². The molecule has 0 bridgehead atoms. The number of benzene rings is 3. The number of nitrogens with zero attached hydrogens (tertiary/aromatic N) is 2. The molecular formula is C27H19Cl2N3OS. The van der Waals surface area contributed by atoms with Crippen LogP contribution in [0, 0.1) is 18.3 Å². The van der Waals surface area contributed by atoms with E-state index < -0.39 is 0 Å². The Bertz CT molecular complexity index is 1380. The van der Waals surface area contributed by atoms with E-state index in [1.165, 1.54) is 11.8 Å². The second kappa shape index (κ2) is 10.8. The van der Waals surface area contributed by atoms with Crippen LogP contribution < -0.4 is 5.32 Å². The number of halogens is 2. The first-order chi connectivity index (χ1) is 16.4. The molecule has 168 valence electrons. The van der Waals surface area contributed by atoms with E-state index in [1.54, 1.807) is 12.1 Å². The number of anilines is 1. The van der Waals surface area contributed by atoms with Crippen molar-refractivity contribution in [3.63, 3.8) is 0 Å². The Morgan fingerprint density at radius 3 is 2.38 bits per heavy atom. The predicted octanol–water partition coefficient (Wildman–Crippen LogP) is 7.63. The summed E-state index contributed by atoms with van der Waals surface area (Å²) in [6, 6.07) is 26.6. The molecule has 1 heterocycles. The Balaban J connectivity index is 1.70. The van der Waals surface area contributed by atoms with Crippen molar-refractivity contribution in [3.05, 3.63) is 100 Å². The summed E-state index contributed by atoms with van der Waals surface area (Å²) in [5.41, 5.74) is 5.24. The number of amides is 1. The molecule has 4 rings (SSSR count). The largest absolute Gasteiger partial charge is 0.325 e. The third kappa shape index (κ3) is 5.60. The van der Waals surface area contributed by atoms with Crippen molar-refractivity contribution in [1.29, 1.82) is 5.26 Å². The van der Waals surface area contributed by atoms with E-state index >= 15 is 0 Å². The van der Waals surface area contributed by atoms with Gasteiger partial charge < -0.3 is 5.32 Å². The highest BCUT2D eigenvalue weighted by Gasteiger charge is 2.18. The van der Waals surface area contributed by atoms with Gasteiger partial charge in [-0.15, -0.1) is 0 Å². The summed E-state index contributed by atoms with van der Waals surface area (Å²) in [4.78, 5) is 17.3. The van der Waals surface area contributed by atoms with Gasteiger partial charge in [-0.1, -0.05) is 89.1 Å². The second-order valence-corrected chi connectivity index (χ2v) is 9.32. The maximum Gasteiger partial charge on any atom is 0.234 e. The first-order valence-corrected chi connectivity index (χ1v) is 12.1. The standard InChI is InChI=1S/C27H19Cl2N3OS/c1-17-7-10-20(11-8-17)31-26(33)16-34-27-22(15-30)21(19-9-12-23(28)24(29)13-19)14-25(32-27)18-5-3-2-4-6-18/h2-14H,16H2,1H3,(H,31,33). The Kier molecular flexibility index (Phi) is 7.54. The van der Waals surface area contributed by atoms with Gasteiger partial charge in [-0.3, -0.25) is 4.79 Å². The van der Waals surface area contributed by atoms with Crippen LogP contribution >= 0.6 is 35.0 Å². The first-order valence-electron chi connectivity index (χ1n) is 10.4. The molecule has 0 saturated heterocycles. The fraction of sp³-hybridized carbons (Fsp3) is 0.0741. The summed E-state index contributed by atoms with van der Waals surface area (Å²) in [6.07, 6.45) is 0. The monoisotopic (exact) mass is 503 g/mol. The number of carbonyl (C=O) groups excluding carboxylic acids is 1. The number of aromatic nitrogens is 1. The third-order valence-corrected chi connectivity index (χ3v) is 6.79. The minimum atomic E-state index is -0.180. The number of hydrogen-bond acceptors (Lipinski definition) is 4. The summed E-state index contributed by atoms with van der Waals surface area (Å²) in [5.74, 6) is -0.0741. The van der Waals surface area contributed by atoms with Crippen molar-refractivity contribution in [3.8, 4) is 28.5 Å². The molecule has 0 spiro atoms. The van der Waals surface area contributed by atoms with Crippen LogP contribution in [0.4, 0.5) is 5.69 Å². The van der Waals surface area contributed by atoms with Gasteiger partial charge >= 0.3 is 0 Å². The molecule has 0 aliphatic heterocycles. The summed E-state index contributed by atoms with van der Waals surface area (Å²) in [6.45, 7) is 1.99. The van der Waals surface area contributed by atoms with Crippen molar-refractivity contribution in [2.24, 2.45) is 0 Å². The highest BCUT2D eigenvalue weighted by atomic mass is 35.5. The van der Waals surface area contributed by atoms with E-state index in [0.717, 1.165) is 22.4 Å². The number of hydrogen-bond donors (Lipinski definition) is 1. The molecule has 3 aromatic carbocycles. The van der Waals surface area contributed by atoms with Crippen molar-refractivity contribution >= 4 is 46.6 Å². The molecule has 0 aliphatic carbocycles. The number of nitriles is 1. The highest BCUT2D eigenvalue weighted by Crippen LogP contribution is 2.36. The Morgan fingerprint density at radius 2 is 1.71 bits per heavy atom. The normalized spacial score (nSPS) is 10.5. The Labute approximate surface area is 212 Å². The number of rotatable bonds is 6. The number of thioether (sulfide) groups is 1. The molecule has 0 saturated carbocycles. The first kappa shape index (κ1) is 23.8. The molecule has 34 heavy (non-hydrogen) atoms. The minimum absolute atomic E-state index is 0.106. The lowest BCUT2D eigenvalue weighted by Crippen LogP contribution is -2.14. The predicted molar refractivity (Wildman–Crippen MR) is 140 cm³/mol. The fourth-order valence-corrected chi connectivity index (χ4v) is 4.45. The van der Waals surface area contributed by atoms with Crippen molar-refractivity contribution in [2.45, 2.75) is 11.9 Å². The molecule has 7 heteroatoms. The van der Waals surface area contributed by atoms with Gasteiger partial charge in [0.2, 0.25) is 5.91 Å². The van der Waals surface area contributed by atoms with Crippen molar-refractivity contribution in [1.82, 2.24) is 4.98 Å². The smallest absolute Gasteiger partial charge is 0.234 e. The van der Waals surface area contributed by atoms with Gasteiger partial charge in [0.1, 0.15) is 11.1 Å². The molecule has 4 nitrogen and oxygen atoms in total. The zero-order valence-electron chi connectivity index (χ0n) is 18.2. The zero-order chi connectivity index (χ0) is 24.1. The molecule has 1 amide bonds. The van der Waals surface area contributed by atoms with E-state index in [1.807, 2.05) is 73.7 Å². The molecule has 0 fully saturated rings. The third-order valence-electron chi connectivity index (χ3n) is 5.07. The topological polar surface area (TPSA) is 65.8 Å². The van der Waals surface area contributed by atoms with Crippen molar-refractivity contribution in [2.75, 3.05) is 11.1 Å². The molecule has 0 unspecified atom stereocenters. The number of carbonyl (C=O) groups is 1. The van der Waals surface area contributed by atoms with Crippen LogP contribution in [0.15, 0.2) is 83.9 Å². The minimum Gasteiger partial charge on any atom is -0.325 e. The lowest BCUT2D eigenvalue weighted by atomic mass is 9.99. The van der Waals surface area contributed by atoms with Gasteiger partial charge in [-0.2, -0.15) is 5.26 Å². The number of aryl methyl sites for hydroxylation is 1. The van der Waals surface area contributed by atoms with Crippen LogP contribution in [0.5, 0.6) is 0 Å². The van der Waals surface area contributed by atoms with E-state index in [4.69, 9.17) is 28.2 Å². The number of nitrogens with one attached hydrogen (secondary N) is 1. The molecule has 1 aromatic heterocycles. The van der Waals surface area contributed by atoms with E-state index in [0.29, 0.717) is 31.9 Å². The van der Waals surface area contributed by atoms with Gasteiger partial charge in [-0.25, -0.2) is 4.98 Å². The quantitative estimate of drug-likeness (QED) is 0.274.